The fraction of sp³-hybridized carbons (Fsp3) is 0.600. The van der Waals surface area contributed by atoms with E-state index in [1.807, 2.05) is 0 Å². The zero-order valence-electron chi connectivity index (χ0n) is 9.71. The number of nitrogens with one attached hydrogen (secondary N) is 1. The van der Waals surface area contributed by atoms with Gasteiger partial charge in [0.2, 0.25) is 0 Å². The minimum atomic E-state index is 0.747. The number of rotatable bonds is 1. The molecule has 0 bridgehead atoms. The highest BCUT2D eigenvalue weighted by Crippen LogP contribution is 2.80. The van der Waals surface area contributed by atoms with Crippen molar-refractivity contribution in [3.63, 3.8) is 0 Å². The van der Waals surface area contributed by atoms with Crippen molar-refractivity contribution in [3.05, 3.63) is 35.9 Å². The van der Waals surface area contributed by atoms with Crippen molar-refractivity contribution in [2.45, 2.75) is 31.6 Å². The van der Waals surface area contributed by atoms with E-state index in [2.05, 4.69) is 35.6 Å². The molecule has 1 saturated heterocycles. The maximum atomic E-state index is 3.70. The minimum Gasteiger partial charge on any atom is -0.316 e. The van der Waals surface area contributed by atoms with E-state index in [1.54, 1.807) is 5.56 Å². The molecule has 1 N–H and O–H groups in total. The van der Waals surface area contributed by atoms with Gasteiger partial charge in [0.05, 0.1) is 0 Å². The smallest absolute Gasteiger partial charge is 0.00205 e. The molecule has 0 aromatic heterocycles. The quantitative estimate of drug-likeness (QED) is 0.756. The third-order valence-electron chi connectivity index (χ3n) is 5.52. The van der Waals surface area contributed by atoms with E-state index in [0.29, 0.717) is 0 Å². The third-order valence-corrected chi connectivity index (χ3v) is 5.52. The van der Waals surface area contributed by atoms with Gasteiger partial charge in [0.15, 0.2) is 0 Å². The van der Waals surface area contributed by atoms with Gasteiger partial charge in [-0.25, -0.2) is 0 Å². The molecular formula is C15H19N. The van der Waals surface area contributed by atoms with Crippen LogP contribution in [0.4, 0.5) is 0 Å². The van der Waals surface area contributed by atoms with Gasteiger partial charge in [0, 0.05) is 13.1 Å². The zero-order valence-corrected chi connectivity index (χ0v) is 9.71. The molecule has 4 rings (SSSR count). The molecule has 3 unspecified atom stereocenters. The molecule has 3 atom stereocenters. The van der Waals surface area contributed by atoms with Crippen molar-refractivity contribution < 1.29 is 0 Å². The normalized spacial score (nSPS) is 44.9. The molecule has 0 amide bonds. The van der Waals surface area contributed by atoms with Gasteiger partial charge in [0.25, 0.3) is 0 Å². The minimum absolute atomic E-state index is 0.747. The summed E-state index contributed by atoms with van der Waals surface area (Å²) in [5.74, 6) is 0.755. The van der Waals surface area contributed by atoms with Crippen molar-refractivity contribution in [2.75, 3.05) is 13.1 Å². The first-order valence-electron chi connectivity index (χ1n) is 6.59. The fourth-order valence-electron chi connectivity index (χ4n) is 4.33. The molecule has 1 nitrogen and oxygen atoms in total. The molecule has 2 aliphatic carbocycles. The second kappa shape index (κ2) is 2.89. The predicted molar refractivity (Wildman–Crippen MR) is 65.4 cm³/mol. The van der Waals surface area contributed by atoms with E-state index in [-0.39, 0.29) is 0 Å². The van der Waals surface area contributed by atoms with Crippen molar-refractivity contribution in [1.29, 1.82) is 0 Å². The second-order valence-corrected chi connectivity index (χ2v) is 6.18. The summed E-state index contributed by atoms with van der Waals surface area (Å²) in [6.45, 7) is 2.48. The van der Waals surface area contributed by atoms with E-state index >= 15 is 0 Å². The summed E-state index contributed by atoms with van der Waals surface area (Å²) in [6.07, 6.45) is 5.93. The summed E-state index contributed by atoms with van der Waals surface area (Å²) in [6, 6.07) is 11.1. The first-order valence-corrected chi connectivity index (χ1v) is 6.59. The molecule has 1 heteroatoms. The Kier molecular flexibility index (Phi) is 1.67. The Morgan fingerprint density at radius 1 is 1.06 bits per heavy atom. The molecule has 1 heterocycles. The maximum absolute atomic E-state index is 3.70. The predicted octanol–water partition coefficient (Wildman–Crippen LogP) is 2.93. The van der Waals surface area contributed by atoms with E-state index in [9.17, 15) is 0 Å². The van der Waals surface area contributed by atoms with Crippen LogP contribution >= 0.6 is 0 Å². The van der Waals surface area contributed by atoms with Crippen LogP contribution < -0.4 is 5.32 Å². The van der Waals surface area contributed by atoms with E-state index in [0.717, 1.165) is 16.7 Å². The van der Waals surface area contributed by atoms with E-state index in [1.165, 1.54) is 38.8 Å². The monoisotopic (exact) mass is 213 g/mol. The lowest BCUT2D eigenvalue weighted by molar-refractivity contribution is 0.172. The van der Waals surface area contributed by atoms with Gasteiger partial charge < -0.3 is 5.32 Å². The molecule has 1 aliphatic heterocycles. The Morgan fingerprint density at radius 3 is 2.62 bits per heavy atom. The van der Waals surface area contributed by atoms with E-state index < -0.39 is 0 Å². The van der Waals surface area contributed by atoms with E-state index in [4.69, 9.17) is 0 Å². The van der Waals surface area contributed by atoms with Crippen molar-refractivity contribution in [1.82, 2.24) is 5.32 Å². The standard InChI is InChI=1S/C15H19N/c1-2-4-12(5-3-1)13-8-14-6-7-15(14,10-14)11-16-9-13/h1-5,13,16H,6-11H2. The third kappa shape index (κ3) is 1.05. The molecule has 2 saturated carbocycles. The topological polar surface area (TPSA) is 12.0 Å². The van der Waals surface area contributed by atoms with Crippen LogP contribution in [-0.2, 0) is 0 Å². The summed E-state index contributed by atoms with van der Waals surface area (Å²) in [7, 11) is 0. The number of benzene rings is 1. The Bertz CT molecular complexity index is 413. The first-order chi connectivity index (χ1) is 7.84. The number of hydrogen-bond acceptors (Lipinski definition) is 1. The summed E-state index contributed by atoms with van der Waals surface area (Å²) >= 11 is 0. The molecule has 16 heavy (non-hydrogen) atoms. The Hall–Kier alpha value is -0.820. The molecule has 0 spiro atoms. The highest BCUT2D eigenvalue weighted by atomic mass is 15.0. The first kappa shape index (κ1) is 9.23. The lowest BCUT2D eigenvalue weighted by Crippen LogP contribution is -2.32. The Labute approximate surface area is 97.2 Å². The second-order valence-electron chi connectivity index (χ2n) is 6.18. The fourth-order valence-corrected chi connectivity index (χ4v) is 4.33. The van der Waals surface area contributed by atoms with Crippen molar-refractivity contribution in [2.24, 2.45) is 10.8 Å². The van der Waals surface area contributed by atoms with Crippen LogP contribution in [0.2, 0.25) is 0 Å². The Balaban J connectivity index is 1.62. The maximum Gasteiger partial charge on any atom is 0.00205 e. The molecule has 0 radical (unpaired) electrons. The molecule has 1 aromatic carbocycles. The molecular weight excluding hydrogens is 194 g/mol. The van der Waals surface area contributed by atoms with Crippen molar-refractivity contribution >= 4 is 0 Å². The van der Waals surface area contributed by atoms with Crippen LogP contribution in [0, 0.1) is 10.8 Å². The zero-order chi connectivity index (χ0) is 10.6. The lowest BCUT2D eigenvalue weighted by atomic mass is 9.70. The average molecular weight is 213 g/mol. The molecule has 84 valence electrons. The van der Waals surface area contributed by atoms with Gasteiger partial charge in [0.1, 0.15) is 0 Å². The van der Waals surface area contributed by atoms with Crippen LogP contribution in [0.3, 0.4) is 0 Å². The van der Waals surface area contributed by atoms with Gasteiger partial charge >= 0.3 is 0 Å². The SMILES string of the molecule is c1ccc(C2CNCC34CCC3(C2)C4)cc1. The summed E-state index contributed by atoms with van der Waals surface area (Å²) in [4.78, 5) is 0. The summed E-state index contributed by atoms with van der Waals surface area (Å²) < 4.78 is 0. The largest absolute Gasteiger partial charge is 0.316 e. The van der Waals surface area contributed by atoms with Crippen molar-refractivity contribution in [3.8, 4) is 0 Å². The highest BCUT2D eigenvalue weighted by molar-refractivity contribution is 5.29. The molecule has 3 aliphatic rings. The molecule has 1 aromatic rings. The van der Waals surface area contributed by atoms with Crippen LogP contribution in [-0.4, -0.2) is 13.1 Å². The van der Waals surface area contributed by atoms with Gasteiger partial charge in [-0.1, -0.05) is 30.3 Å². The van der Waals surface area contributed by atoms with Crippen LogP contribution in [0.25, 0.3) is 0 Å². The Morgan fingerprint density at radius 2 is 1.88 bits per heavy atom. The van der Waals surface area contributed by atoms with Gasteiger partial charge in [-0.15, -0.1) is 0 Å². The highest BCUT2D eigenvalue weighted by Gasteiger charge is 2.73. The summed E-state index contributed by atoms with van der Waals surface area (Å²) in [5.41, 5.74) is 3.05. The molecule has 3 fully saturated rings. The van der Waals surface area contributed by atoms with Gasteiger partial charge in [-0.3, -0.25) is 0 Å². The average Bonchev–Trinajstić information content (AvgIpc) is 2.76. The van der Waals surface area contributed by atoms with Crippen LogP contribution in [0.5, 0.6) is 0 Å². The van der Waals surface area contributed by atoms with Crippen LogP contribution in [0.15, 0.2) is 30.3 Å². The van der Waals surface area contributed by atoms with Crippen LogP contribution in [0.1, 0.15) is 37.2 Å². The van der Waals surface area contributed by atoms with Gasteiger partial charge in [-0.2, -0.15) is 0 Å². The number of hydrogen-bond donors (Lipinski definition) is 1. The summed E-state index contributed by atoms with van der Waals surface area (Å²) in [5, 5.41) is 3.70. The lowest BCUT2D eigenvalue weighted by Gasteiger charge is -2.35. The van der Waals surface area contributed by atoms with Gasteiger partial charge in [-0.05, 0) is 48.0 Å².